The van der Waals surface area contributed by atoms with Crippen LogP contribution in [0.5, 0.6) is 5.75 Å². The van der Waals surface area contributed by atoms with Crippen molar-refractivity contribution in [3.63, 3.8) is 0 Å². The Kier molecular flexibility index (Phi) is 5.01. The molecule has 0 atom stereocenters. The predicted octanol–water partition coefficient (Wildman–Crippen LogP) is 5.84. The molecule has 2 aromatic rings. The Morgan fingerprint density at radius 1 is 1.11 bits per heavy atom. The van der Waals surface area contributed by atoms with Gasteiger partial charge >= 0.3 is 0 Å². The van der Waals surface area contributed by atoms with Gasteiger partial charge in [-0.25, -0.2) is 0 Å². The third kappa shape index (κ3) is 3.78. The second-order valence-corrected chi connectivity index (χ2v) is 6.49. The lowest BCUT2D eigenvalue weighted by atomic mass is 10.2. The van der Waals surface area contributed by atoms with Crippen molar-refractivity contribution in [2.45, 2.75) is 6.54 Å². The zero-order valence-electron chi connectivity index (χ0n) is 9.55. The number of nitrogens with one attached hydrogen (secondary N) is 1. The van der Waals surface area contributed by atoms with E-state index >= 15 is 0 Å². The SMILES string of the molecule is Oc1c(Cl)cc(Cl)cc1CNc1cc(Br)ccc1Br. The fourth-order valence-corrected chi connectivity index (χ4v) is 2.86. The Morgan fingerprint density at radius 2 is 1.84 bits per heavy atom. The van der Waals surface area contributed by atoms with Crippen LogP contribution in [0.1, 0.15) is 5.56 Å². The Labute approximate surface area is 138 Å². The molecule has 0 aliphatic carbocycles. The number of anilines is 1. The fourth-order valence-electron chi connectivity index (χ4n) is 1.58. The summed E-state index contributed by atoms with van der Waals surface area (Å²) in [7, 11) is 0. The zero-order valence-corrected chi connectivity index (χ0v) is 14.2. The van der Waals surface area contributed by atoms with Crippen LogP contribution < -0.4 is 5.32 Å². The Bertz CT molecular complexity index is 620. The van der Waals surface area contributed by atoms with Crippen LogP contribution in [-0.4, -0.2) is 5.11 Å². The fraction of sp³-hybridized carbons (Fsp3) is 0.0769. The van der Waals surface area contributed by atoms with Gasteiger partial charge in [0, 0.05) is 31.8 Å². The highest BCUT2D eigenvalue weighted by Gasteiger charge is 2.08. The van der Waals surface area contributed by atoms with E-state index in [-0.39, 0.29) is 10.8 Å². The molecule has 0 saturated heterocycles. The van der Waals surface area contributed by atoms with Gasteiger partial charge in [0.2, 0.25) is 0 Å². The van der Waals surface area contributed by atoms with Crippen molar-refractivity contribution in [2.75, 3.05) is 5.32 Å². The average molecular weight is 426 g/mol. The van der Waals surface area contributed by atoms with Gasteiger partial charge in [-0.1, -0.05) is 39.1 Å². The van der Waals surface area contributed by atoms with E-state index in [1.54, 1.807) is 6.07 Å². The highest BCUT2D eigenvalue weighted by molar-refractivity contribution is 9.11. The lowest BCUT2D eigenvalue weighted by Crippen LogP contribution is -2.00. The Balaban J connectivity index is 2.21. The molecule has 100 valence electrons. The van der Waals surface area contributed by atoms with Crippen molar-refractivity contribution in [3.05, 3.63) is 54.9 Å². The molecule has 0 aliphatic heterocycles. The normalized spacial score (nSPS) is 10.5. The molecule has 2 rings (SSSR count). The first kappa shape index (κ1) is 15.0. The van der Waals surface area contributed by atoms with Crippen molar-refractivity contribution >= 4 is 60.7 Å². The van der Waals surface area contributed by atoms with E-state index < -0.39 is 0 Å². The van der Waals surface area contributed by atoms with Crippen LogP contribution in [0.25, 0.3) is 0 Å². The predicted molar refractivity (Wildman–Crippen MR) is 87.3 cm³/mol. The monoisotopic (exact) mass is 423 g/mol. The van der Waals surface area contributed by atoms with E-state index in [0.29, 0.717) is 17.1 Å². The lowest BCUT2D eigenvalue weighted by molar-refractivity contribution is 0.469. The highest BCUT2D eigenvalue weighted by atomic mass is 79.9. The van der Waals surface area contributed by atoms with E-state index in [4.69, 9.17) is 23.2 Å². The van der Waals surface area contributed by atoms with Crippen LogP contribution in [0.2, 0.25) is 10.0 Å². The molecule has 2 nitrogen and oxygen atoms in total. The number of phenols is 1. The summed E-state index contributed by atoms with van der Waals surface area (Å²) in [5.41, 5.74) is 1.55. The molecular formula is C13H9Br2Cl2NO. The van der Waals surface area contributed by atoms with Crippen molar-refractivity contribution < 1.29 is 5.11 Å². The quantitative estimate of drug-likeness (QED) is 0.647. The van der Waals surface area contributed by atoms with Crippen molar-refractivity contribution in [3.8, 4) is 5.75 Å². The number of rotatable bonds is 3. The molecule has 0 unspecified atom stereocenters. The molecule has 0 fully saturated rings. The minimum Gasteiger partial charge on any atom is -0.506 e. The topological polar surface area (TPSA) is 32.3 Å². The van der Waals surface area contributed by atoms with E-state index in [1.165, 1.54) is 6.07 Å². The molecule has 0 spiro atoms. The largest absolute Gasteiger partial charge is 0.506 e. The molecule has 19 heavy (non-hydrogen) atoms. The maximum absolute atomic E-state index is 9.87. The third-order valence-electron chi connectivity index (χ3n) is 2.50. The minimum absolute atomic E-state index is 0.0460. The molecule has 0 radical (unpaired) electrons. The maximum atomic E-state index is 9.87. The molecule has 2 aromatic carbocycles. The van der Waals surface area contributed by atoms with Gasteiger partial charge in [0.1, 0.15) is 5.75 Å². The van der Waals surface area contributed by atoms with Gasteiger partial charge in [0.15, 0.2) is 0 Å². The standard InChI is InChI=1S/C13H9Br2Cl2NO/c14-8-1-2-10(15)12(4-8)18-6-7-3-9(16)5-11(17)13(7)19/h1-5,18-19H,6H2. The van der Waals surface area contributed by atoms with E-state index in [9.17, 15) is 5.11 Å². The summed E-state index contributed by atoms with van der Waals surface area (Å²) in [5.74, 6) is 0.0460. The van der Waals surface area contributed by atoms with E-state index in [2.05, 4.69) is 37.2 Å². The minimum atomic E-state index is 0.0460. The molecule has 6 heteroatoms. The first-order valence-corrected chi connectivity index (χ1v) is 7.67. The molecule has 0 aliphatic rings. The van der Waals surface area contributed by atoms with Crippen LogP contribution in [0.4, 0.5) is 5.69 Å². The van der Waals surface area contributed by atoms with Crippen LogP contribution in [0.3, 0.4) is 0 Å². The molecule has 0 amide bonds. The van der Waals surface area contributed by atoms with Gasteiger partial charge in [-0.2, -0.15) is 0 Å². The maximum Gasteiger partial charge on any atom is 0.139 e. The molecule has 2 N–H and O–H groups in total. The van der Waals surface area contributed by atoms with Crippen LogP contribution >= 0.6 is 55.1 Å². The zero-order chi connectivity index (χ0) is 14.0. The number of hydrogen-bond acceptors (Lipinski definition) is 2. The number of aromatic hydroxyl groups is 1. The molecule has 0 saturated carbocycles. The number of phenolic OH excluding ortho intramolecular Hbond substituents is 1. The summed E-state index contributed by atoms with van der Waals surface area (Å²) in [5, 5.41) is 13.8. The second kappa shape index (κ2) is 6.35. The van der Waals surface area contributed by atoms with E-state index in [0.717, 1.165) is 14.6 Å². The first-order chi connectivity index (χ1) is 8.97. The van der Waals surface area contributed by atoms with Gasteiger partial charge in [-0.05, 0) is 46.3 Å². The van der Waals surface area contributed by atoms with Gasteiger partial charge in [0.25, 0.3) is 0 Å². The van der Waals surface area contributed by atoms with Crippen LogP contribution in [-0.2, 0) is 6.54 Å². The molecular weight excluding hydrogens is 417 g/mol. The summed E-state index contributed by atoms with van der Waals surface area (Å²) in [6, 6.07) is 8.99. The van der Waals surface area contributed by atoms with Crippen LogP contribution in [0.15, 0.2) is 39.3 Å². The molecule has 0 bridgehead atoms. The lowest BCUT2D eigenvalue weighted by Gasteiger charge is -2.11. The summed E-state index contributed by atoms with van der Waals surface area (Å²) >= 11 is 18.7. The average Bonchev–Trinajstić information content (AvgIpc) is 2.35. The Morgan fingerprint density at radius 3 is 2.58 bits per heavy atom. The van der Waals surface area contributed by atoms with Crippen molar-refractivity contribution in [2.24, 2.45) is 0 Å². The first-order valence-electron chi connectivity index (χ1n) is 5.33. The van der Waals surface area contributed by atoms with Gasteiger partial charge < -0.3 is 10.4 Å². The molecule has 0 heterocycles. The van der Waals surface area contributed by atoms with Gasteiger partial charge in [-0.3, -0.25) is 0 Å². The number of benzene rings is 2. The summed E-state index contributed by atoms with van der Waals surface area (Å²) in [4.78, 5) is 0. The smallest absolute Gasteiger partial charge is 0.139 e. The van der Waals surface area contributed by atoms with Crippen molar-refractivity contribution in [1.82, 2.24) is 0 Å². The van der Waals surface area contributed by atoms with Gasteiger partial charge in [-0.15, -0.1) is 0 Å². The highest BCUT2D eigenvalue weighted by Crippen LogP contribution is 2.32. The second-order valence-electron chi connectivity index (χ2n) is 3.87. The van der Waals surface area contributed by atoms with Crippen molar-refractivity contribution in [1.29, 1.82) is 0 Å². The summed E-state index contributed by atoms with van der Waals surface area (Å²) in [6.07, 6.45) is 0. The van der Waals surface area contributed by atoms with E-state index in [1.807, 2.05) is 18.2 Å². The summed E-state index contributed by atoms with van der Waals surface area (Å²) < 4.78 is 1.90. The number of hydrogen-bond donors (Lipinski definition) is 2. The Hall–Kier alpha value is -0.420. The van der Waals surface area contributed by atoms with Gasteiger partial charge in [0.05, 0.1) is 5.02 Å². The number of halogens is 4. The summed E-state index contributed by atoms with van der Waals surface area (Å²) in [6.45, 7) is 0.418. The van der Waals surface area contributed by atoms with Crippen LogP contribution in [0, 0.1) is 0 Å². The third-order valence-corrected chi connectivity index (χ3v) is 4.20. The molecule has 0 aromatic heterocycles.